The molecule has 0 spiro atoms. The Bertz CT molecular complexity index is 1200. The molecule has 0 aliphatic heterocycles. The van der Waals surface area contributed by atoms with E-state index in [1.807, 2.05) is 42.7 Å². The van der Waals surface area contributed by atoms with E-state index in [4.69, 9.17) is 5.26 Å². The number of rotatable bonds is 4. The fourth-order valence-electron chi connectivity index (χ4n) is 2.87. The fourth-order valence-corrected chi connectivity index (χ4v) is 3.28. The maximum absolute atomic E-state index is 9.34. The summed E-state index contributed by atoms with van der Waals surface area (Å²) in [5, 5.41) is 24.9. The normalized spacial score (nSPS) is 10.5. The van der Waals surface area contributed by atoms with Gasteiger partial charge in [-0.05, 0) is 36.6 Å². The number of imidazole rings is 1. The third kappa shape index (κ3) is 3.01. The topological polar surface area (TPSA) is 92.7 Å². The lowest BCUT2D eigenvalue weighted by Crippen LogP contribution is -1.98. The van der Waals surface area contributed by atoms with Crippen molar-refractivity contribution in [2.45, 2.75) is 4.90 Å². The molecule has 0 atom stereocenters. The van der Waals surface area contributed by atoms with E-state index in [1.54, 1.807) is 34.6 Å². The van der Waals surface area contributed by atoms with Crippen molar-refractivity contribution in [3.63, 3.8) is 0 Å². The van der Waals surface area contributed by atoms with E-state index in [1.165, 1.54) is 0 Å². The van der Waals surface area contributed by atoms with Crippen LogP contribution in [-0.2, 0) is 0 Å². The predicted octanol–water partition coefficient (Wildman–Crippen LogP) is 4.54. The van der Waals surface area contributed by atoms with Crippen LogP contribution in [-0.4, -0.2) is 20.9 Å². The molecule has 0 saturated heterocycles. The van der Waals surface area contributed by atoms with Crippen LogP contribution in [0.5, 0.6) is 0 Å². The quantitative estimate of drug-likeness (QED) is 0.515. The van der Waals surface area contributed by atoms with Crippen molar-refractivity contribution < 1.29 is 0 Å². The Morgan fingerprint density at radius 2 is 1.93 bits per heavy atom. The van der Waals surface area contributed by atoms with Crippen LogP contribution in [0.4, 0.5) is 11.5 Å². The van der Waals surface area contributed by atoms with Crippen LogP contribution in [0.2, 0.25) is 0 Å². The molecule has 0 unspecified atom stereocenters. The van der Waals surface area contributed by atoms with E-state index < -0.39 is 0 Å². The van der Waals surface area contributed by atoms with Gasteiger partial charge in [0.05, 0.1) is 11.6 Å². The van der Waals surface area contributed by atoms with Gasteiger partial charge in [0.2, 0.25) is 0 Å². The first kappa shape index (κ1) is 16.8. The lowest BCUT2D eigenvalue weighted by molar-refractivity contribution is 0.980. The third-order valence-corrected chi connectivity index (χ3v) is 4.94. The van der Waals surface area contributed by atoms with Gasteiger partial charge in [-0.3, -0.25) is 5.10 Å². The van der Waals surface area contributed by atoms with Crippen molar-refractivity contribution in [2.75, 3.05) is 11.6 Å². The molecule has 0 saturated carbocycles. The standard InChI is InChI=1S/C20H14N6S/c1-27-17-7-5-14(6-8-17)18-20(24-16-4-2-3-13(9-16)10-21)26-19(25-18)15(11-22)12-23-26/h2-9,12,23-24H,1H3. The summed E-state index contributed by atoms with van der Waals surface area (Å²) in [7, 11) is 0. The summed E-state index contributed by atoms with van der Waals surface area (Å²) in [5.41, 5.74) is 4.03. The molecule has 6 nitrogen and oxygen atoms in total. The second-order valence-electron chi connectivity index (χ2n) is 5.81. The number of benzene rings is 2. The average molecular weight is 370 g/mol. The molecule has 2 aromatic heterocycles. The summed E-state index contributed by atoms with van der Waals surface area (Å²) in [4.78, 5) is 5.85. The van der Waals surface area contributed by atoms with E-state index in [0.29, 0.717) is 22.6 Å². The molecule has 0 aliphatic rings. The molecule has 2 aromatic carbocycles. The maximum Gasteiger partial charge on any atom is 0.173 e. The first-order valence-electron chi connectivity index (χ1n) is 8.15. The minimum atomic E-state index is 0.468. The van der Waals surface area contributed by atoms with E-state index in [9.17, 15) is 5.26 Å². The van der Waals surface area contributed by atoms with Gasteiger partial charge in [0.25, 0.3) is 0 Å². The van der Waals surface area contributed by atoms with Gasteiger partial charge < -0.3 is 5.32 Å². The molecule has 2 N–H and O–H groups in total. The molecular weight excluding hydrogens is 356 g/mol. The molecule has 2 heterocycles. The first-order chi connectivity index (χ1) is 13.2. The van der Waals surface area contributed by atoms with Crippen molar-refractivity contribution in [3.05, 3.63) is 65.9 Å². The van der Waals surface area contributed by atoms with E-state index in [2.05, 4.69) is 27.5 Å². The highest BCUT2D eigenvalue weighted by molar-refractivity contribution is 7.98. The highest BCUT2D eigenvalue weighted by Gasteiger charge is 2.18. The zero-order valence-corrected chi connectivity index (χ0v) is 15.2. The SMILES string of the molecule is CSc1ccc(-c2nc3c(C#N)c[nH]n3c2Nc2cccc(C#N)c2)cc1. The smallest absolute Gasteiger partial charge is 0.173 e. The van der Waals surface area contributed by atoms with Gasteiger partial charge in [-0.1, -0.05) is 18.2 Å². The zero-order valence-electron chi connectivity index (χ0n) is 14.4. The Labute approximate surface area is 160 Å². The van der Waals surface area contributed by atoms with Gasteiger partial charge in [0.1, 0.15) is 17.3 Å². The zero-order chi connectivity index (χ0) is 18.8. The summed E-state index contributed by atoms with van der Waals surface area (Å²) >= 11 is 1.68. The molecule has 130 valence electrons. The van der Waals surface area contributed by atoms with Crippen LogP contribution in [0.1, 0.15) is 11.1 Å². The lowest BCUT2D eigenvalue weighted by atomic mass is 10.1. The van der Waals surface area contributed by atoms with Crippen LogP contribution in [0.25, 0.3) is 16.9 Å². The molecule has 7 heteroatoms. The number of aromatic amines is 1. The number of nitrogens with zero attached hydrogens (tertiary/aromatic N) is 4. The first-order valence-corrected chi connectivity index (χ1v) is 9.37. The highest BCUT2D eigenvalue weighted by Crippen LogP contribution is 2.32. The van der Waals surface area contributed by atoms with Crippen molar-refractivity contribution in [2.24, 2.45) is 0 Å². The summed E-state index contributed by atoms with van der Waals surface area (Å²) in [5.74, 6) is 0.707. The highest BCUT2D eigenvalue weighted by atomic mass is 32.2. The third-order valence-electron chi connectivity index (χ3n) is 4.19. The number of nitriles is 2. The Hall–Kier alpha value is -3.68. The van der Waals surface area contributed by atoms with Crippen molar-refractivity contribution in [1.29, 1.82) is 10.5 Å². The Balaban J connectivity index is 1.87. The van der Waals surface area contributed by atoms with Gasteiger partial charge in [0.15, 0.2) is 11.5 Å². The van der Waals surface area contributed by atoms with Crippen LogP contribution < -0.4 is 5.32 Å². The van der Waals surface area contributed by atoms with Gasteiger partial charge in [-0.15, -0.1) is 11.8 Å². The minimum absolute atomic E-state index is 0.468. The number of nitrogens with one attached hydrogen (secondary N) is 2. The van der Waals surface area contributed by atoms with E-state index in [0.717, 1.165) is 21.8 Å². The van der Waals surface area contributed by atoms with Crippen LogP contribution in [0, 0.1) is 22.7 Å². The number of hydrogen-bond donors (Lipinski definition) is 2. The largest absolute Gasteiger partial charge is 0.338 e. The van der Waals surface area contributed by atoms with Crippen molar-refractivity contribution >= 4 is 28.9 Å². The monoisotopic (exact) mass is 370 g/mol. The Kier molecular flexibility index (Phi) is 4.29. The van der Waals surface area contributed by atoms with Crippen LogP contribution in [0.15, 0.2) is 59.6 Å². The van der Waals surface area contributed by atoms with Crippen LogP contribution in [0.3, 0.4) is 0 Å². The maximum atomic E-state index is 9.34. The fraction of sp³-hybridized carbons (Fsp3) is 0.0500. The summed E-state index contributed by atoms with van der Waals surface area (Å²) < 4.78 is 1.75. The molecular formula is C20H14N6S. The second kappa shape index (κ2) is 6.91. The molecule has 4 rings (SSSR count). The molecule has 0 bridgehead atoms. The number of fused-ring (bicyclic) bond motifs is 1. The molecule has 0 radical (unpaired) electrons. The summed E-state index contributed by atoms with van der Waals surface area (Å²) in [6.45, 7) is 0. The lowest BCUT2D eigenvalue weighted by Gasteiger charge is -2.09. The van der Waals surface area contributed by atoms with Gasteiger partial charge >= 0.3 is 0 Å². The molecule has 0 aliphatic carbocycles. The molecule has 0 fully saturated rings. The van der Waals surface area contributed by atoms with Gasteiger partial charge in [-0.25, -0.2) is 9.50 Å². The molecule has 4 aromatic rings. The van der Waals surface area contributed by atoms with E-state index in [-0.39, 0.29) is 0 Å². The second-order valence-corrected chi connectivity index (χ2v) is 6.69. The Morgan fingerprint density at radius 1 is 1.11 bits per heavy atom. The minimum Gasteiger partial charge on any atom is -0.338 e. The predicted molar refractivity (Wildman–Crippen MR) is 106 cm³/mol. The molecule has 27 heavy (non-hydrogen) atoms. The number of hydrogen-bond acceptors (Lipinski definition) is 5. The summed E-state index contributed by atoms with van der Waals surface area (Å²) in [6.07, 6.45) is 3.66. The number of aromatic nitrogens is 3. The van der Waals surface area contributed by atoms with Gasteiger partial charge in [0, 0.05) is 22.3 Å². The number of H-pyrrole nitrogens is 1. The van der Waals surface area contributed by atoms with Crippen molar-refractivity contribution in [1.82, 2.24) is 14.6 Å². The number of thioether (sulfide) groups is 1. The molecule has 0 amide bonds. The van der Waals surface area contributed by atoms with Gasteiger partial charge in [-0.2, -0.15) is 10.5 Å². The van der Waals surface area contributed by atoms with E-state index >= 15 is 0 Å². The average Bonchev–Trinajstić information content (AvgIpc) is 3.28. The van der Waals surface area contributed by atoms with Crippen LogP contribution >= 0.6 is 11.8 Å². The summed E-state index contributed by atoms with van der Waals surface area (Å²) in [6, 6.07) is 19.6. The van der Waals surface area contributed by atoms with Crippen molar-refractivity contribution in [3.8, 4) is 23.4 Å². The Morgan fingerprint density at radius 3 is 2.63 bits per heavy atom. The number of anilines is 2.